The Bertz CT molecular complexity index is 1220. The summed E-state index contributed by atoms with van der Waals surface area (Å²) in [4.78, 5) is 24.5. The van der Waals surface area contributed by atoms with Gasteiger partial charge in [-0.3, -0.25) is 9.59 Å². The molecule has 0 aromatic heterocycles. The van der Waals surface area contributed by atoms with Gasteiger partial charge in [-0.05, 0) is 57.8 Å². The van der Waals surface area contributed by atoms with Crippen LogP contribution in [0.15, 0.2) is 24.3 Å². The van der Waals surface area contributed by atoms with Gasteiger partial charge in [0.1, 0.15) is 0 Å². The van der Waals surface area contributed by atoms with Crippen molar-refractivity contribution in [1.82, 2.24) is 5.32 Å². The molecule has 2 unspecified atom stereocenters. The topological polar surface area (TPSA) is 95.9 Å². The minimum Gasteiger partial charge on any atom is -0.466 e. The monoisotopic (exact) mass is 1100 g/mol. The van der Waals surface area contributed by atoms with Crippen molar-refractivity contribution >= 4 is 11.9 Å². The number of carbonyl (C=O) groups is 2. The molecule has 0 aliphatic heterocycles. The molecule has 0 saturated carbocycles. The Morgan fingerprint density at radius 1 is 0.346 bits per heavy atom. The summed E-state index contributed by atoms with van der Waals surface area (Å²) in [5.74, 6) is -0.0429. The molecule has 6 nitrogen and oxygen atoms in total. The second kappa shape index (κ2) is 67.8. The Kier molecular flexibility index (Phi) is 66.4. The molecule has 0 bridgehead atoms. The van der Waals surface area contributed by atoms with Crippen LogP contribution in [-0.2, 0) is 14.3 Å². The minimum absolute atomic E-state index is 0.0192. The molecule has 6 heteroatoms. The summed E-state index contributed by atoms with van der Waals surface area (Å²) in [6.07, 6.45) is 85.5. The van der Waals surface area contributed by atoms with Gasteiger partial charge in [0, 0.05) is 12.8 Å². The van der Waals surface area contributed by atoms with Gasteiger partial charge < -0.3 is 20.3 Å². The van der Waals surface area contributed by atoms with E-state index in [0.717, 1.165) is 38.5 Å². The Labute approximate surface area is 488 Å². The lowest BCUT2D eigenvalue weighted by molar-refractivity contribution is -0.143. The third kappa shape index (κ3) is 63.5. The maximum Gasteiger partial charge on any atom is 0.305 e. The van der Waals surface area contributed by atoms with Gasteiger partial charge in [-0.1, -0.05) is 353 Å². The van der Waals surface area contributed by atoms with E-state index in [0.29, 0.717) is 19.4 Å². The maximum atomic E-state index is 12.5. The normalized spacial score (nSPS) is 12.6. The molecule has 0 heterocycles. The predicted octanol–water partition coefficient (Wildman–Crippen LogP) is 22.9. The number of allylic oxidation sites excluding steroid dienone is 3. The lowest BCUT2D eigenvalue weighted by Crippen LogP contribution is -2.45. The molecule has 3 N–H and O–H groups in total. The second-order valence-electron chi connectivity index (χ2n) is 24.6. The highest BCUT2D eigenvalue weighted by atomic mass is 16.5. The fourth-order valence-corrected chi connectivity index (χ4v) is 11.3. The number of unbranched alkanes of at least 4 members (excludes halogenated alkanes) is 54. The Balaban J connectivity index is 3.37. The number of aliphatic hydroxyl groups is 2. The summed E-state index contributed by atoms with van der Waals surface area (Å²) < 4.78 is 5.48. The van der Waals surface area contributed by atoms with Crippen molar-refractivity contribution in [2.45, 2.75) is 411 Å². The highest BCUT2D eigenvalue weighted by molar-refractivity contribution is 5.76. The molecule has 462 valence electrons. The molecule has 1 amide bonds. The van der Waals surface area contributed by atoms with Crippen molar-refractivity contribution < 1.29 is 24.5 Å². The summed E-state index contributed by atoms with van der Waals surface area (Å²) in [5.41, 5.74) is 0. The third-order valence-corrected chi connectivity index (χ3v) is 16.7. The molecule has 0 aliphatic rings. The van der Waals surface area contributed by atoms with Crippen LogP contribution in [0.25, 0.3) is 0 Å². The van der Waals surface area contributed by atoms with E-state index in [2.05, 4.69) is 31.3 Å². The van der Waals surface area contributed by atoms with Gasteiger partial charge in [-0.15, -0.1) is 0 Å². The molecular formula is C72H139NO5. The van der Waals surface area contributed by atoms with E-state index >= 15 is 0 Å². The number of esters is 1. The quantitative estimate of drug-likeness (QED) is 0.0320. The van der Waals surface area contributed by atoms with Gasteiger partial charge in [-0.25, -0.2) is 0 Å². The largest absolute Gasteiger partial charge is 0.466 e. The molecule has 0 fully saturated rings. The third-order valence-electron chi connectivity index (χ3n) is 16.7. The van der Waals surface area contributed by atoms with Crippen molar-refractivity contribution in [1.29, 1.82) is 0 Å². The molecule has 0 aromatic rings. The average molecular weight is 1100 g/mol. The van der Waals surface area contributed by atoms with E-state index in [9.17, 15) is 19.8 Å². The number of aliphatic hydroxyl groups excluding tert-OH is 2. The molecule has 0 aromatic carbocycles. The van der Waals surface area contributed by atoms with Crippen LogP contribution in [0.2, 0.25) is 0 Å². The van der Waals surface area contributed by atoms with Gasteiger partial charge in [0.05, 0.1) is 25.4 Å². The molecule has 2 atom stereocenters. The standard InChI is InChI=1S/C72H139NO5/c1-3-5-7-9-11-13-15-17-18-35-38-41-44-48-52-56-60-64-70(75)69(68-74)73-71(76)65-61-57-53-49-45-42-39-36-33-31-29-27-25-23-21-19-20-22-24-26-28-30-32-34-37-40-43-47-51-55-59-63-67-78-72(77)66-62-58-54-50-46-16-14-12-10-8-6-4-2/h22,24,60,64,69-70,74-75H,3-21,23,25-59,61-63,65-68H2,1-2H3,(H,73,76)/b24-22-,64-60+. The van der Waals surface area contributed by atoms with Crippen LogP contribution in [0.1, 0.15) is 399 Å². The number of nitrogens with one attached hydrogen (secondary N) is 1. The van der Waals surface area contributed by atoms with Crippen LogP contribution in [0.5, 0.6) is 0 Å². The number of hydrogen-bond acceptors (Lipinski definition) is 5. The maximum absolute atomic E-state index is 12.5. The fraction of sp³-hybridized carbons (Fsp3) is 0.917. The fourth-order valence-electron chi connectivity index (χ4n) is 11.3. The Morgan fingerprint density at radius 2 is 0.603 bits per heavy atom. The van der Waals surface area contributed by atoms with E-state index in [1.165, 1.54) is 334 Å². The van der Waals surface area contributed by atoms with E-state index in [-0.39, 0.29) is 18.5 Å². The van der Waals surface area contributed by atoms with Gasteiger partial charge in [0.15, 0.2) is 0 Å². The lowest BCUT2D eigenvalue weighted by Gasteiger charge is -2.20. The number of hydrogen-bond donors (Lipinski definition) is 3. The first-order valence-electron chi connectivity index (χ1n) is 35.6. The number of carbonyl (C=O) groups excluding carboxylic acids is 2. The molecule has 0 spiro atoms. The van der Waals surface area contributed by atoms with E-state index in [1.807, 2.05) is 6.08 Å². The number of amides is 1. The molecular weight excluding hydrogens is 959 g/mol. The minimum atomic E-state index is -0.842. The summed E-state index contributed by atoms with van der Waals surface area (Å²) in [6.45, 7) is 4.94. The zero-order valence-corrected chi connectivity index (χ0v) is 52.9. The van der Waals surface area contributed by atoms with Gasteiger partial charge in [0.25, 0.3) is 0 Å². The van der Waals surface area contributed by atoms with Gasteiger partial charge >= 0.3 is 5.97 Å². The highest BCUT2D eigenvalue weighted by Crippen LogP contribution is 2.19. The van der Waals surface area contributed by atoms with Crippen LogP contribution >= 0.6 is 0 Å². The molecule has 78 heavy (non-hydrogen) atoms. The summed E-state index contributed by atoms with van der Waals surface area (Å²) in [7, 11) is 0. The van der Waals surface area contributed by atoms with Crippen molar-refractivity contribution in [2.75, 3.05) is 13.2 Å². The van der Waals surface area contributed by atoms with Crippen molar-refractivity contribution in [2.24, 2.45) is 0 Å². The molecule has 0 rings (SSSR count). The SMILES string of the molecule is CCCCCCCCCCCCCCCCC/C=C/C(O)C(CO)NC(=O)CCCCCCCCCCCCCCCCCC/C=C\CCCCCCCCCCCCCCOC(=O)CCCCCCCCCCCCCC. The molecule has 0 aliphatic carbocycles. The van der Waals surface area contributed by atoms with Crippen molar-refractivity contribution in [3.63, 3.8) is 0 Å². The smallest absolute Gasteiger partial charge is 0.305 e. The zero-order valence-electron chi connectivity index (χ0n) is 52.9. The van der Waals surface area contributed by atoms with Crippen LogP contribution in [0.4, 0.5) is 0 Å². The summed E-state index contributed by atoms with van der Waals surface area (Å²) >= 11 is 0. The average Bonchev–Trinajstić information content (AvgIpc) is 3.44. The predicted molar refractivity (Wildman–Crippen MR) is 343 cm³/mol. The lowest BCUT2D eigenvalue weighted by atomic mass is 10.0. The van der Waals surface area contributed by atoms with Crippen molar-refractivity contribution in [3.8, 4) is 0 Å². The van der Waals surface area contributed by atoms with Crippen LogP contribution < -0.4 is 5.32 Å². The van der Waals surface area contributed by atoms with Crippen molar-refractivity contribution in [3.05, 3.63) is 24.3 Å². The first-order valence-corrected chi connectivity index (χ1v) is 35.6. The van der Waals surface area contributed by atoms with Gasteiger partial charge in [-0.2, -0.15) is 0 Å². The first kappa shape index (κ1) is 76.3. The summed E-state index contributed by atoms with van der Waals surface area (Å²) in [5, 5.41) is 23.2. The first-order chi connectivity index (χ1) is 38.5. The zero-order chi connectivity index (χ0) is 56.4. The van der Waals surface area contributed by atoms with Crippen LogP contribution in [0, 0.1) is 0 Å². The number of ether oxygens (including phenoxy) is 1. The Hall–Kier alpha value is -1.66. The second-order valence-corrected chi connectivity index (χ2v) is 24.6. The van der Waals surface area contributed by atoms with E-state index in [1.54, 1.807) is 6.08 Å². The van der Waals surface area contributed by atoms with E-state index in [4.69, 9.17) is 4.74 Å². The Morgan fingerprint density at radius 3 is 0.910 bits per heavy atom. The van der Waals surface area contributed by atoms with Gasteiger partial charge in [0.2, 0.25) is 5.91 Å². The molecule has 0 radical (unpaired) electrons. The van der Waals surface area contributed by atoms with Crippen LogP contribution in [-0.4, -0.2) is 47.4 Å². The highest BCUT2D eigenvalue weighted by Gasteiger charge is 2.18. The van der Waals surface area contributed by atoms with E-state index < -0.39 is 12.1 Å². The summed E-state index contributed by atoms with van der Waals surface area (Å²) in [6, 6.07) is -0.626. The van der Waals surface area contributed by atoms with Crippen LogP contribution in [0.3, 0.4) is 0 Å². The molecule has 0 saturated heterocycles. The number of rotatable bonds is 67.